The second kappa shape index (κ2) is 7.82. The van der Waals surface area contributed by atoms with Gasteiger partial charge in [-0.1, -0.05) is 29.8 Å². The summed E-state index contributed by atoms with van der Waals surface area (Å²) in [5.41, 5.74) is 2.74. The second-order valence-corrected chi connectivity index (χ2v) is 8.19. The molecule has 0 N–H and O–H groups in total. The smallest absolute Gasteiger partial charge is 0.265 e. The van der Waals surface area contributed by atoms with Crippen molar-refractivity contribution in [3.63, 3.8) is 0 Å². The van der Waals surface area contributed by atoms with Crippen LogP contribution in [0.4, 0.5) is 0 Å². The van der Waals surface area contributed by atoms with Crippen LogP contribution in [0.3, 0.4) is 0 Å². The monoisotopic (exact) mass is 389 g/mol. The predicted molar refractivity (Wildman–Crippen MR) is 115 cm³/mol. The lowest BCUT2D eigenvalue weighted by molar-refractivity contribution is 0.0508. The number of carbonyl (C=O) groups excluding carboxylic acids is 1. The van der Waals surface area contributed by atoms with Crippen molar-refractivity contribution in [2.45, 2.75) is 58.7 Å². The summed E-state index contributed by atoms with van der Waals surface area (Å²) < 4.78 is 1.63. The zero-order chi connectivity index (χ0) is 20.5. The first-order chi connectivity index (χ1) is 14.0. The zero-order valence-corrected chi connectivity index (χ0v) is 17.3. The normalized spacial score (nSPS) is 19.5. The third kappa shape index (κ3) is 3.69. The van der Waals surface area contributed by atoms with Gasteiger partial charge in [-0.3, -0.25) is 14.2 Å². The van der Waals surface area contributed by atoms with Crippen LogP contribution in [-0.4, -0.2) is 32.4 Å². The summed E-state index contributed by atoms with van der Waals surface area (Å²) in [4.78, 5) is 33.2. The number of fused-ring (bicyclic) bond motifs is 1. The number of amides is 1. The van der Waals surface area contributed by atoms with E-state index in [0.29, 0.717) is 12.2 Å². The van der Waals surface area contributed by atoms with Gasteiger partial charge in [0.15, 0.2) is 0 Å². The van der Waals surface area contributed by atoms with Crippen molar-refractivity contribution in [1.29, 1.82) is 0 Å². The number of benzene rings is 1. The number of hydrogen-bond acceptors (Lipinski definition) is 3. The van der Waals surface area contributed by atoms with E-state index in [1.165, 1.54) is 5.56 Å². The average Bonchev–Trinajstić information content (AvgIpc) is 2.71. The molecule has 1 fully saturated rings. The van der Waals surface area contributed by atoms with E-state index in [0.717, 1.165) is 30.2 Å². The Labute approximate surface area is 171 Å². The van der Waals surface area contributed by atoms with Gasteiger partial charge in [0.1, 0.15) is 11.2 Å². The number of nitrogens with zero attached hydrogens (tertiary/aromatic N) is 3. The van der Waals surface area contributed by atoms with Crippen LogP contribution in [0.15, 0.2) is 53.5 Å². The number of pyridine rings is 2. The molecule has 29 heavy (non-hydrogen) atoms. The number of rotatable bonds is 3. The lowest BCUT2D eigenvalue weighted by Gasteiger charge is -2.39. The fourth-order valence-corrected chi connectivity index (χ4v) is 4.34. The van der Waals surface area contributed by atoms with Crippen LogP contribution < -0.4 is 5.56 Å². The number of hydrogen-bond donors (Lipinski definition) is 0. The molecule has 0 radical (unpaired) electrons. The van der Waals surface area contributed by atoms with Gasteiger partial charge in [-0.2, -0.15) is 0 Å². The quantitative estimate of drug-likeness (QED) is 0.676. The van der Waals surface area contributed by atoms with Crippen molar-refractivity contribution in [3.05, 3.63) is 75.7 Å². The SMILES string of the molecule is Cc1ccc(Cn2c(=O)c(C(=O)N3[C@H](C)CCC[C@H]3C)cc3cccnc32)cc1. The van der Waals surface area contributed by atoms with E-state index < -0.39 is 0 Å². The molecular formula is C24H27N3O2. The van der Waals surface area contributed by atoms with Crippen molar-refractivity contribution >= 4 is 16.9 Å². The first-order valence-corrected chi connectivity index (χ1v) is 10.3. The summed E-state index contributed by atoms with van der Waals surface area (Å²) in [5.74, 6) is -0.168. The molecule has 0 unspecified atom stereocenters. The third-order valence-corrected chi connectivity index (χ3v) is 5.97. The zero-order valence-electron chi connectivity index (χ0n) is 17.3. The van der Waals surface area contributed by atoms with E-state index >= 15 is 0 Å². The van der Waals surface area contributed by atoms with Gasteiger partial charge in [0.05, 0.1) is 6.54 Å². The molecule has 2 aromatic heterocycles. The fourth-order valence-electron chi connectivity index (χ4n) is 4.34. The largest absolute Gasteiger partial charge is 0.333 e. The second-order valence-electron chi connectivity index (χ2n) is 8.19. The van der Waals surface area contributed by atoms with Crippen LogP contribution in [0, 0.1) is 6.92 Å². The molecule has 2 atom stereocenters. The Kier molecular flexibility index (Phi) is 5.22. The lowest BCUT2D eigenvalue weighted by Crippen LogP contribution is -2.49. The van der Waals surface area contributed by atoms with E-state index in [-0.39, 0.29) is 29.1 Å². The van der Waals surface area contributed by atoms with Crippen LogP contribution in [0.2, 0.25) is 0 Å². The summed E-state index contributed by atoms with van der Waals surface area (Å²) in [6.07, 6.45) is 4.75. The minimum absolute atomic E-state index is 0.140. The van der Waals surface area contributed by atoms with Gasteiger partial charge in [-0.05, 0) is 63.8 Å². The predicted octanol–water partition coefficient (Wildman–Crippen LogP) is 4.16. The highest BCUT2D eigenvalue weighted by atomic mass is 16.2. The maximum atomic E-state index is 13.4. The molecule has 3 aromatic rings. The number of likely N-dealkylation sites (tertiary alicyclic amines) is 1. The molecule has 1 amide bonds. The minimum atomic E-state index is -0.272. The van der Waals surface area contributed by atoms with Gasteiger partial charge < -0.3 is 4.90 Å². The summed E-state index contributed by atoms with van der Waals surface area (Å²) in [6, 6.07) is 13.8. The number of aryl methyl sites for hydroxylation is 1. The summed E-state index contributed by atoms with van der Waals surface area (Å²) in [7, 11) is 0. The minimum Gasteiger partial charge on any atom is -0.333 e. The molecular weight excluding hydrogens is 362 g/mol. The van der Waals surface area contributed by atoms with Crippen molar-refractivity contribution in [2.24, 2.45) is 0 Å². The number of piperidine rings is 1. The van der Waals surface area contributed by atoms with Crippen LogP contribution >= 0.6 is 0 Å². The van der Waals surface area contributed by atoms with Crippen molar-refractivity contribution in [1.82, 2.24) is 14.5 Å². The molecule has 5 nitrogen and oxygen atoms in total. The lowest BCUT2D eigenvalue weighted by atomic mass is 9.96. The number of carbonyl (C=O) groups is 1. The summed E-state index contributed by atoms with van der Waals surface area (Å²) in [6.45, 7) is 6.56. The van der Waals surface area contributed by atoms with E-state index in [4.69, 9.17) is 0 Å². The van der Waals surface area contributed by atoms with Gasteiger partial charge in [-0.15, -0.1) is 0 Å². The maximum Gasteiger partial charge on any atom is 0.265 e. The molecule has 1 saturated heterocycles. The van der Waals surface area contributed by atoms with Crippen LogP contribution in [0.1, 0.15) is 54.6 Å². The van der Waals surface area contributed by atoms with Gasteiger partial charge in [0.2, 0.25) is 0 Å². The third-order valence-electron chi connectivity index (χ3n) is 5.97. The average molecular weight is 389 g/mol. The molecule has 0 aliphatic carbocycles. The Morgan fingerprint density at radius 3 is 2.48 bits per heavy atom. The molecule has 0 spiro atoms. The van der Waals surface area contributed by atoms with E-state index in [9.17, 15) is 9.59 Å². The summed E-state index contributed by atoms with van der Waals surface area (Å²) >= 11 is 0. The first-order valence-electron chi connectivity index (χ1n) is 10.3. The highest BCUT2D eigenvalue weighted by Gasteiger charge is 2.31. The highest BCUT2D eigenvalue weighted by Crippen LogP contribution is 2.25. The molecule has 150 valence electrons. The molecule has 1 aliphatic heterocycles. The summed E-state index contributed by atoms with van der Waals surface area (Å²) in [5, 5.41) is 0.805. The Balaban J connectivity index is 1.83. The standard InChI is InChI=1S/C24H27N3O2/c1-16-9-11-19(12-10-16)15-26-22-20(8-5-13-25-22)14-21(23(26)28)24(29)27-17(2)6-4-7-18(27)3/h5,8-14,17-18H,4,6-7,15H2,1-3H3/t17-,18-/m1/s1. The van der Waals surface area contributed by atoms with Crippen LogP contribution in [0.25, 0.3) is 11.0 Å². The van der Waals surface area contributed by atoms with Crippen LogP contribution in [0.5, 0.6) is 0 Å². The molecule has 0 saturated carbocycles. The van der Waals surface area contributed by atoms with Gasteiger partial charge >= 0.3 is 0 Å². The molecule has 1 aromatic carbocycles. The van der Waals surface area contributed by atoms with E-state index in [1.807, 2.05) is 48.2 Å². The Morgan fingerprint density at radius 1 is 1.10 bits per heavy atom. The Hall–Kier alpha value is -2.95. The maximum absolute atomic E-state index is 13.4. The van der Waals surface area contributed by atoms with Crippen molar-refractivity contribution in [2.75, 3.05) is 0 Å². The van der Waals surface area contributed by atoms with E-state index in [1.54, 1.807) is 16.8 Å². The van der Waals surface area contributed by atoms with Gasteiger partial charge in [0, 0.05) is 23.7 Å². The highest BCUT2D eigenvalue weighted by molar-refractivity contribution is 5.97. The molecule has 0 bridgehead atoms. The Bertz CT molecular complexity index is 1090. The fraction of sp³-hybridized carbons (Fsp3) is 0.375. The topological polar surface area (TPSA) is 55.2 Å². The van der Waals surface area contributed by atoms with Crippen molar-refractivity contribution in [3.8, 4) is 0 Å². The number of aromatic nitrogens is 2. The van der Waals surface area contributed by atoms with E-state index in [2.05, 4.69) is 18.8 Å². The Morgan fingerprint density at radius 2 is 1.79 bits per heavy atom. The van der Waals surface area contributed by atoms with Gasteiger partial charge in [0.25, 0.3) is 11.5 Å². The van der Waals surface area contributed by atoms with Crippen LogP contribution in [-0.2, 0) is 6.54 Å². The molecule has 4 rings (SSSR count). The molecule has 3 heterocycles. The first kappa shape index (κ1) is 19.4. The van der Waals surface area contributed by atoms with Crippen molar-refractivity contribution < 1.29 is 4.79 Å². The molecule has 1 aliphatic rings. The van der Waals surface area contributed by atoms with Gasteiger partial charge in [-0.25, -0.2) is 4.98 Å². The molecule has 5 heteroatoms.